The Balaban J connectivity index is 1.99. The molecule has 0 radical (unpaired) electrons. The molecule has 0 fully saturated rings. The molecule has 242 valence electrons. The summed E-state index contributed by atoms with van der Waals surface area (Å²) < 4.78 is 5.54. The first kappa shape index (κ1) is 35.2. The highest BCUT2D eigenvalue weighted by atomic mass is 16.6. The number of unbranched alkanes of at least 4 members (excludes halogenated alkanes) is 5. The lowest BCUT2D eigenvalue weighted by Gasteiger charge is -2.34. The van der Waals surface area contributed by atoms with E-state index >= 15 is 0 Å². The first-order valence-electron chi connectivity index (χ1n) is 16.0. The summed E-state index contributed by atoms with van der Waals surface area (Å²) in [6, 6.07) is 23.4. The van der Waals surface area contributed by atoms with E-state index in [0.29, 0.717) is 18.5 Å². The number of benzene rings is 3. The van der Waals surface area contributed by atoms with E-state index in [4.69, 9.17) is 4.74 Å². The van der Waals surface area contributed by atoms with Crippen LogP contribution in [0, 0.1) is 0 Å². The van der Waals surface area contributed by atoms with Gasteiger partial charge in [0.15, 0.2) is 0 Å². The third kappa shape index (κ3) is 12.3. The standard InChI is InChI=1S/C37H49N3O5/c1-5-6-7-8-9-16-25-40(35(43)32(26-28-17-12-10-13-18-28)39-36(44)45-37(2,3)4)33(30-21-23-31(41)24-22-30)34(42)38-27-29-19-14-11-15-20-29/h10-15,17-24,32-33,41H,5-9,16,25-27H2,1-4H3,(H,38,42)(H,39,44). The van der Waals surface area contributed by atoms with Crippen molar-refractivity contribution in [2.45, 2.75) is 96.9 Å². The molecule has 8 heteroatoms. The van der Waals surface area contributed by atoms with Crippen LogP contribution in [0.1, 0.15) is 89.0 Å². The summed E-state index contributed by atoms with van der Waals surface area (Å²) in [6.45, 7) is 8.07. The molecule has 0 heterocycles. The summed E-state index contributed by atoms with van der Waals surface area (Å²) in [6.07, 6.45) is 5.54. The van der Waals surface area contributed by atoms with E-state index in [1.165, 1.54) is 12.1 Å². The van der Waals surface area contributed by atoms with Crippen molar-refractivity contribution in [2.24, 2.45) is 0 Å². The second kappa shape index (κ2) is 17.8. The monoisotopic (exact) mass is 615 g/mol. The van der Waals surface area contributed by atoms with Crippen LogP contribution in [0.3, 0.4) is 0 Å². The van der Waals surface area contributed by atoms with E-state index in [9.17, 15) is 19.5 Å². The van der Waals surface area contributed by atoms with Gasteiger partial charge in [-0.05, 0) is 56.0 Å². The van der Waals surface area contributed by atoms with Crippen molar-refractivity contribution in [3.8, 4) is 5.75 Å². The number of carbonyl (C=O) groups is 3. The lowest BCUT2D eigenvalue weighted by atomic mass is 9.99. The molecule has 0 aliphatic rings. The molecule has 0 saturated heterocycles. The van der Waals surface area contributed by atoms with Crippen LogP contribution in [0.25, 0.3) is 0 Å². The van der Waals surface area contributed by atoms with Crippen LogP contribution in [0.15, 0.2) is 84.9 Å². The fraction of sp³-hybridized carbons (Fsp3) is 0.432. The van der Waals surface area contributed by atoms with Gasteiger partial charge in [0.25, 0.3) is 0 Å². The van der Waals surface area contributed by atoms with Crippen molar-refractivity contribution < 1.29 is 24.2 Å². The number of phenols is 1. The summed E-state index contributed by atoms with van der Waals surface area (Å²) in [5, 5.41) is 15.9. The molecule has 0 saturated carbocycles. The van der Waals surface area contributed by atoms with E-state index in [0.717, 1.165) is 43.2 Å². The van der Waals surface area contributed by atoms with Gasteiger partial charge in [-0.25, -0.2) is 4.79 Å². The summed E-state index contributed by atoms with van der Waals surface area (Å²) in [4.78, 5) is 43.2. The van der Waals surface area contributed by atoms with Crippen LogP contribution < -0.4 is 10.6 Å². The molecule has 0 aliphatic carbocycles. The molecule has 0 spiro atoms. The Kier molecular flexibility index (Phi) is 13.9. The maximum atomic E-state index is 14.6. The van der Waals surface area contributed by atoms with Crippen LogP contribution in [0.2, 0.25) is 0 Å². The Morgan fingerprint density at radius 1 is 0.800 bits per heavy atom. The number of phenolic OH excluding ortho intramolecular Hbond substituents is 1. The van der Waals surface area contributed by atoms with Crippen LogP contribution in [-0.4, -0.2) is 46.1 Å². The molecule has 45 heavy (non-hydrogen) atoms. The van der Waals surface area contributed by atoms with Crippen molar-refractivity contribution in [1.29, 1.82) is 0 Å². The smallest absolute Gasteiger partial charge is 0.408 e. The van der Waals surface area contributed by atoms with Gasteiger partial charge in [-0.2, -0.15) is 0 Å². The van der Waals surface area contributed by atoms with Gasteiger partial charge < -0.3 is 25.4 Å². The summed E-state index contributed by atoms with van der Waals surface area (Å²) >= 11 is 0. The Labute approximate surface area is 268 Å². The maximum Gasteiger partial charge on any atom is 0.408 e. The lowest BCUT2D eigenvalue weighted by Crippen LogP contribution is -2.54. The third-order valence-corrected chi connectivity index (χ3v) is 7.39. The first-order valence-corrected chi connectivity index (χ1v) is 16.0. The number of rotatable bonds is 16. The molecule has 8 nitrogen and oxygen atoms in total. The van der Waals surface area contributed by atoms with E-state index in [2.05, 4.69) is 17.6 Å². The molecule has 3 rings (SSSR count). The number of ether oxygens (including phenoxy) is 1. The van der Waals surface area contributed by atoms with E-state index in [1.807, 2.05) is 60.7 Å². The second-order valence-electron chi connectivity index (χ2n) is 12.4. The third-order valence-electron chi connectivity index (χ3n) is 7.39. The lowest BCUT2D eigenvalue weighted by molar-refractivity contribution is -0.142. The van der Waals surface area contributed by atoms with Gasteiger partial charge >= 0.3 is 6.09 Å². The number of hydrogen-bond acceptors (Lipinski definition) is 5. The predicted octanol–water partition coefficient (Wildman–Crippen LogP) is 7.07. The number of carbonyl (C=O) groups excluding carboxylic acids is 3. The summed E-state index contributed by atoms with van der Waals surface area (Å²) in [7, 11) is 0. The molecule has 3 N–H and O–H groups in total. The average Bonchev–Trinajstić information content (AvgIpc) is 3.01. The highest BCUT2D eigenvalue weighted by molar-refractivity contribution is 5.92. The second-order valence-corrected chi connectivity index (χ2v) is 12.4. The molecular formula is C37H49N3O5. The van der Waals surface area contributed by atoms with Crippen molar-refractivity contribution in [3.63, 3.8) is 0 Å². The molecule has 0 bridgehead atoms. The number of alkyl carbamates (subject to hydrolysis) is 1. The number of nitrogens with zero attached hydrogens (tertiary/aromatic N) is 1. The minimum atomic E-state index is -0.990. The van der Waals surface area contributed by atoms with Gasteiger partial charge in [-0.1, -0.05) is 112 Å². The average molecular weight is 616 g/mol. The minimum absolute atomic E-state index is 0.0598. The van der Waals surface area contributed by atoms with Gasteiger partial charge in [0.05, 0.1) is 0 Å². The Morgan fingerprint density at radius 2 is 1.38 bits per heavy atom. The van der Waals surface area contributed by atoms with Crippen molar-refractivity contribution in [1.82, 2.24) is 15.5 Å². The zero-order valence-electron chi connectivity index (χ0n) is 27.1. The van der Waals surface area contributed by atoms with Gasteiger partial charge in [-0.15, -0.1) is 0 Å². The quantitative estimate of drug-likeness (QED) is 0.149. The number of nitrogens with one attached hydrogen (secondary N) is 2. The van der Waals surface area contributed by atoms with Gasteiger partial charge in [0.1, 0.15) is 23.4 Å². The largest absolute Gasteiger partial charge is 0.508 e. The van der Waals surface area contributed by atoms with Gasteiger partial charge in [0.2, 0.25) is 11.8 Å². The highest BCUT2D eigenvalue weighted by Crippen LogP contribution is 2.26. The summed E-state index contributed by atoms with van der Waals surface area (Å²) in [5.41, 5.74) is 1.60. The topological polar surface area (TPSA) is 108 Å². The van der Waals surface area contributed by atoms with Crippen LogP contribution in [0.4, 0.5) is 4.79 Å². The normalized spacial score (nSPS) is 12.5. The number of hydrogen-bond donors (Lipinski definition) is 3. The minimum Gasteiger partial charge on any atom is -0.508 e. The van der Waals surface area contributed by atoms with Crippen LogP contribution in [-0.2, 0) is 27.3 Å². The Hall–Kier alpha value is -4.33. The Morgan fingerprint density at radius 3 is 1.98 bits per heavy atom. The molecule has 2 atom stereocenters. The molecule has 2 unspecified atom stereocenters. The predicted molar refractivity (Wildman–Crippen MR) is 178 cm³/mol. The molecule has 3 aromatic rings. The number of amides is 3. The molecular weight excluding hydrogens is 566 g/mol. The van der Waals surface area contributed by atoms with Crippen molar-refractivity contribution >= 4 is 17.9 Å². The fourth-order valence-electron chi connectivity index (χ4n) is 5.14. The van der Waals surface area contributed by atoms with E-state index in [1.54, 1.807) is 37.8 Å². The summed E-state index contributed by atoms with van der Waals surface area (Å²) in [5.74, 6) is -0.671. The molecule has 0 aliphatic heterocycles. The van der Waals surface area contributed by atoms with Gasteiger partial charge in [-0.3, -0.25) is 9.59 Å². The molecule has 3 amide bonds. The number of aromatic hydroxyl groups is 1. The SMILES string of the molecule is CCCCCCCCN(C(=O)C(Cc1ccccc1)NC(=O)OC(C)(C)C)C(C(=O)NCc1ccccc1)c1ccc(O)cc1. The zero-order valence-corrected chi connectivity index (χ0v) is 27.1. The Bertz CT molecular complexity index is 1320. The zero-order chi connectivity index (χ0) is 32.7. The van der Waals surface area contributed by atoms with E-state index in [-0.39, 0.29) is 30.5 Å². The molecule has 3 aromatic carbocycles. The van der Waals surface area contributed by atoms with Gasteiger partial charge in [0, 0.05) is 19.5 Å². The fourth-order valence-corrected chi connectivity index (χ4v) is 5.14. The highest BCUT2D eigenvalue weighted by Gasteiger charge is 2.36. The maximum absolute atomic E-state index is 14.6. The van der Waals surface area contributed by atoms with E-state index < -0.39 is 23.8 Å². The van der Waals surface area contributed by atoms with Crippen molar-refractivity contribution in [3.05, 3.63) is 102 Å². The first-order chi connectivity index (χ1) is 21.6. The van der Waals surface area contributed by atoms with Crippen LogP contribution >= 0.6 is 0 Å². The van der Waals surface area contributed by atoms with Crippen molar-refractivity contribution in [2.75, 3.05) is 6.54 Å². The van der Waals surface area contributed by atoms with Crippen LogP contribution in [0.5, 0.6) is 5.75 Å². The molecule has 0 aromatic heterocycles.